The third kappa shape index (κ3) is 3.95. The fourth-order valence-corrected chi connectivity index (χ4v) is 1.96. The Labute approximate surface area is 133 Å². The Morgan fingerprint density at radius 3 is 2.14 bits per heavy atom. The van der Waals surface area contributed by atoms with Gasteiger partial charge in [-0.1, -0.05) is 11.6 Å². The van der Waals surface area contributed by atoms with Gasteiger partial charge in [0.25, 0.3) is 0 Å². The molecule has 0 atom stereocenters. The smallest absolute Gasteiger partial charge is 0.323 e. The lowest BCUT2D eigenvalue weighted by molar-refractivity contribution is 0.262. The molecule has 0 saturated carbocycles. The molecule has 0 bridgehead atoms. The van der Waals surface area contributed by atoms with Crippen LogP contribution in [0.1, 0.15) is 0 Å². The number of nitrogen functional groups attached to an aromatic ring is 1. The van der Waals surface area contributed by atoms with E-state index in [2.05, 4.69) is 10.6 Å². The molecule has 0 radical (unpaired) electrons. The third-order valence-corrected chi connectivity index (χ3v) is 3.19. The van der Waals surface area contributed by atoms with Gasteiger partial charge in [0.1, 0.15) is 11.5 Å². The van der Waals surface area contributed by atoms with Gasteiger partial charge in [-0.25, -0.2) is 4.79 Å². The van der Waals surface area contributed by atoms with Gasteiger partial charge < -0.3 is 25.8 Å². The second-order valence-corrected chi connectivity index (χ2v) is 4.82. The van der Waals surface area contributed by atoms with E-state index in [9.17, 15) is 4.79 Å². The molecule has 0 aliphatic rings. The summed E-state index contributed by atoms with van der Waals surface area (Å²) in [6.07, 6.45) is 0. The van der Waals surface area contributed by atoms with Crippen molar-refractivity contribution in [2.24, 2.45) is 0 Å². The number of urea groups is 1. The Morgan fingerprint density at radius 1 is 1.00 bits per heavy atom. The fraction of sp³-hybridized carbons (Fsp3) is 0.133. The van der Waals surface area contributed by atoms with E-state index < -0.39 is 6.03 Å². The second-order valence-electron chi connectivity index (χ2n) is 4.42. The first kappa shape index (κ1) is 15.8. The second kappa shape index (κ2) is 6.91. The van der Waals surface area contributed by atoms with Gasteiger partial charge in [0.2, 0.25) is 0 Å². The molecule has 6 nitrogen and oxygen atoms in total. The van der Waals surface area contributed by atoms with Crippen molar-refractivity contribution < 1.29 is 14.3 Å². The summed E-state index contributed by atoms with van der Waals surface area (Å²) in [5, 5.41) is 5.73. The van der Waals surface area contributed by atoms with Gasteiger partial charge in [0.15, 0.2) is 0 Å². The summed E-state index contributed by atoms with van der Waals surface area (Å²) in [6, 6.07) is 9.50. The lowest BCUT2D eigenvalue weighted by Crippen LogP contribution is -2.19. The summed E-state index contributed by atoms with van der Waals surface area (Å²) >= 11 is 5.91. The number of hydrogen-bond acceptors (Lipinski definition) is 4. The summed E-state index contributed by atoms with van der Waals surface area (Å²) in [5.41, 5.74) is 7.14. The van der Waals surface area contributed by atoms with Crippen LogP contribution in [0.15, 0.2) is 36.4 Å². The van der Waals surface area contributed by atoms with Crippen LogP contribution in [-0.4, -0.2) is 20.3 Å². The topological polar surface area (TPSA) is 85.6 Å². The summed E-state index contributed by atoms with van der Waals surface area (Å²) < 4.78 is 10.3. The van der Waals surface area contributed by atoms with E-state index in [1.165, 1.54) is 14.2 Å². The molecule has 0 saturated heterocycles. The van der Waals surface area contributed by atoms with Gasteiger partial charge in [0, 0.05) is 29.6 Å². The number of halogens is 1. The number of ether oxygens (including phenoxy) is 2. The molecule has 2 rings (SSSR count). The fourth-order valence-electron chi connectivity index (χ4n) is 1.78. The Balaban J connectivity index is 2.09. The largest absolute Gasteiger partial charge is 0.497 e. The normalized spacial score (nSPS) is 9.95. The van der Waals surface area contributed by atoms with Crippen molar-refractivity contribution in [2.75, 3.05) is 30.6 Å². The first-order valence-corrected chi connectivity index (χ1v) is 6.75. The van der Waals surface area contributed by atoms with Crippen LogP contribution in [0.4, 0.5) is 21.9 Å². The zero-order valence-corrected chi connectivity index (χ0v) is 12.9. The SMILES string of the molecule is COc1cc(NC(=O)Nc2ccc(N)c(Cl)c2)cc(OC)c1. The molecule has 2 aromatic carbocycles. The average molecular weight is 322 g/mol. The number of benzene rings is 2. The molecule has 2 amide bonds. The van der Waals surface area contributed by atoms with Gasteiger partial charge in [-0.2, -0.15) is 0 Å². The molecule has 0 unspecified atom stereocenters. The van der Waals surface area contributed by atoms with E-state index >= 15 is 0 Å². The number of methoxy groups -OCH3 is 2. The van der Waals surface area contributed by atoms with Crippen LogP contribution in [0.25, 0.3) is 0 Å². The Hall–Kier alpha value is -2.60. The van der Waals surface area contributed by atoms with Crippen molar-refractivity contribution in [1.29, 1.82) is 0 Å². The minimum atomic E-state index is -0.420. The molecular weight excluding hydrogens is 306 g/mol. The number of carbonyl (C=O) groups excluding carboxylic acids is 1. The molecule has 0 aromatic heterocycles. The Morgan fingerprint density at radius 2 is 1.59 bits per heavy atom. The molecule has 0 fully saturated rings. The van der Waals surface area contributed by atoms with Crippen LogP contribution < -0.4 is 25.8 Å². The maximum Gasteiger partial charge on any atom is 0.323 e. The minimum absolute atomic E-state index is 0.376. The molecule has 0 heterocycles. The van der Waals surface area contributed by atoms with Gasteiger partial charge in [-0.05, 0) is 18.2 Å². The van der Waals surface area contributed by atoms with E-state index in [0.29, 0.717) is 33.6 Å². The quantitative estimate of drug-likeness (QED) is 0.751. The van der Waals surface area contributed by atoms with Crippen LogP contribution in [0.5, 0.6) is 11.5 Å². The predicted molar refractivity (Wildman–Crippen MR) is 88.1 cm³/mol. The summed E-state index contributed by atoms with van der Waals surface area (Å²) in [6.45, 7) is 0. The van der Waals surface area contributed by atoms with Crippen molar-refractivity contribution >= 4 is 34.7 Å². The van der Waals surface area contributed by atoms with Crippen LogP contribution in [0, 0.1) is 0 Å². The molecule has 0 aliphatic heterocycles. The van der Waals surface area contributed by atoms with Crippen molar-refractivity contribution in [1.82, 2.24) is 0 Å². The highest BCUT2D eigenvalue weighted by atomic mass is 35.5. The van der Waals surface area contributed by atoms with Gasteiger partial charge in [0.05, 0.1) is 24.9 Å². The van der Waals surface area contributed by atoms with Crippen LogP contribution in [0.2, 0.25) is 5.02 Å². The van der Waals surface area contributed by atoms with E-state index in [4.69, 9.17) is 26.8 Å². The van der Waals surface area contributed by atoms with Gasteiger partial charge in [-0.3, -0.25) is 0 Å². The zero-order valence-electron chi connectivity index (χ0n) is 12.1. The van der Waals surface area contributed by atoms with Crippen molar-refractivity contribution in [2.45, 2.75) is 0 Å². The number of nitrogens with one attached hydrogen (secondary N) is 2. The van der Waals surface area contributed by atoms with E-state index in [0.717, 1.165) is 0 Å². The van der Waals surface area contributed by atoms with E-state index in [1.54, 1.807) is 36.4 Å². The maximum atomic E-state index is 12.0. The highest BCUT2D eigenvalue weighted by Gasteiger charge is 2.07. The molecular formula is C15H16ClN3O3. The maximum absolute atomic E-state index is 12.0. The van der Waals surface area contributed by atoms with Crippen LogP contribution in [0.3, 0.4) is 0 Å². The highest BCUT2D eigenvalue weighted by Crippen LogP contribution is 2.26. The Kier molecular flexibility index (Phi) is 4.95. The number of amides is 2. The number of rotatable bonds is 4. The van der Waals surface area contributed by atoms with Crippen LogP contribution >= 0.6 is 11.6 Å². The monoisotopic (exact) mass is 321 g/mol. The highest BCUT2D eigenvalue weighted by molar-refractivity contribution is 6.33. The number of hydrogen-bond donors (Lipinski definition) is 3. The minimum Gasteiger partial charge on any atom is -0.497 e. The first-order valence-electron chi connectivity index (χ1n) is 6.38. The predicted octanol–water partition coefficient (Wildman–Crippen LogP) is 3.58. The molecule has 7 heteroatoms. The van der Waals surface area contributed by atoms with Crippen molar-refractivity contribution in [3.05, 3.63) is 41.4 Å². The average Bonchev–Trinajstić information content (AvgIpc) is 2.50. The summed E-state index contributed by atoms with van der Waals surface area (Å²) in [4.78, 5) is 12.0. The van der Waals surface area contributed by atoms with E-state index in [-0.39, 0.29) is 0 Å². The van der Waals surface area contributed by atoms with E-state index in [1.807, 2.05) is 0 Å². The standard InChI is InChI=1S/C15H16ClN3O3/c1-21-11-5-10(6-12(8-11)22-2)19-15(20)18-9-3-4-14(17)13(16)7-9/h3-8H,17H2,1-2H3,(H2,18,19,20). The lowest BCUT2D eigenvalue weighted by Gasteiger charge is -2.11. The number of anilines is 3. The molecule has 22 heavy (non-hydrogen) atoms. The number of carbonyl (C=O) groups is 1. The van der Waals surface area contributed by atoms with Crippen LogP contribution in [-0.2, 0) is 0 Å². The van der Waals surface area contributed by atoms with Gasteiger partial charge >= 0.3 is 6.03 Å². The number of nitrogens with two attached hydrogens (primary N) is 1. The molecule has 0 aliphatic carbocycles. The van der Waals surface area contributed by atoms with Crippen molar-refractivity contribution in [3.63, 3.8) is 0 Å². The lowest BCUT2D eigenvalue weighted by atomic mass is 10.2. The molecule has 2 aromatic rings. The Bertz CT molecular complexity index is 669. The zero-order chi connectivity index (χ0) is 16.1. The molecule has 4 N–H and O–H groups in total. The third-order valence-electron chi connectivity index (χ3n) is 2.87. The first-order chi connectivity index (χ1) is 10.5. The van der Waals surface area contributed by atoms with Gasteiger partial charge in [-0.15, -0.1) is 0 Å². The van der Waals surface area contributed by atoms with Crippen molar-refractivity contribution in [3.8, 4) is 11.5 Å². The molecule has 0 spiro atoms. The molecule has 116 valence electrons. The summed E-state index contributed by atoms with van der Waals surface area (Å²) in [5.74, 6) is 1.15. The summed E-state index contributed by atoms with van der Waals surface area (Å²) in [7, 11) is 3.07.